The molecule has 1 aromatic heterocycles. The standard InChI is InChI=1S/C28H33N3O7S/c1-6-38-28(33)31-13-12-19-23(16-31)39-27(29-15-17-8-7-9-21(35-3)25(17)37-5)24(19)26(32)30-20-11-10-18(34-2)14-22(20)36-4/h7-11,14,29H,6,12-13,15-16H2,1-5H3,(H,30,32). The number of para-hydroxylation sites is 1. The van der Waals surface area contributed by atoms with E-state index in [-0.39, 0.29) is 12.0 Å². The van der Waals surface area contributed by atoms with E-state index in [0.717, 1.165) is 16.0 Å². The Labute approximate surface area is 231 Å². The Kier molecular flexibility index (Phi) is 9.03. The van der Waals surface area contributed by atoms with Crippen LogP contribution in [-0.2, 0) is 24.2 Å². The number of rotatable bonds is 10. The van der Waals surface area contributed by atoms with E-state index in [9.17, 15) is 9.59 Å². The van der Waals surface area contributed by atoms with Crippen LogP contribution >= 0.6 is 11.3 Å². The second-order valence-electron chi connectivity index (χ2n) is 8.60. The number of anilines is 2. The van der Waals surface area contributed by atoms with Crippen molar-refractivity contribution >= 4 is 34.0 Å². The lowest BCUT2D eigenvalue weighted by molar-refractivity contribution is 0.102. The molecule has 10 nitrogen and oxygen atoms in total. The van der Waals surface area contributed by atoms with Gasteiger partial charge in [-0.15, -0.1) is 11.3 Å². The topological polar surface area (TPSA) is 108 Å². The maximum Gasteiger partial charge on any atom is 0.410 e. The average Bonchev–Trinajstić information content (AvgIpc) is 3.33. The molecule has 2 heterocycles. The Hall–Kier alpha value is -4.12. The molecule has 2 amide bonds. The maximum atomic E-state index is 13.8. The van der Waals surface area contributed by atoms with Crippen LogP contribution in [0.4, 0.5) is 15.5 Å². The van der Waals surface area contributed by atoms with Crippen molar-refractivity contribution in [1.29, 1.82) is 0 Å². The van der Waals surface area contributed by atoms with Crippen LogP contribution in [0, 0.1) is 0 Å². The smallest absolute Gasteiger partial charge is 0.410 e. The first-order chi connectivity index (χ1) is 18.9. The molecule has 0 saturated heterocycles. The van der Waals surface area contributed by atoms with Crippen LogP contribution in [0.25, 0.3) is 0 Å². The number of benzene rings is 2. The second-order valence-corrected chi connectivity index (χ2v) is 9.71. The molecule has 0 fully saturated rings. The molecule has 39 heavy (non-hydrogen) atoms. The summed E-state index contributed by atoms with van der Waals surface area (Å²) in [4.78, 5) is 28.8. The Morgan fingerprint density at radius 3 is 2.49 bits per heavy atom. The first-order valence-electron chi connectivity index (χ1n) is 12.5. The number of thiophene rings is 1. The normalized spacial score (nSPS) is 12.3. The number of hydrogen-bond donors (Lipinski definition) is 2. The van der Waals surface area contributed by atoms with Gasteiger partial charge in [-0.3, -0.25) is 4.79 Å². The molecule has 2 N–H and O–H groups in total. The Morgan fingerprint density at radius 1 is 1.00 bits per heavy atom. The van der Waals surface area contributed by atoms with Crippen molar-refractivity contribution in [3.8, 4) is 23.0 Å². The number of nitrogens with one attached hydrogen (secondary N) is 2. The Balaban J connectivity index is 1.67. The summed E-state index contributed by atoms with van der Waals surface area (Å²) in [6.45, 7) is 3.31. The molecule has 4 rings (SSSR count). The number of carbonyl (C=O) groups is 2. The predicted octanol–water partition coefficient (Wildman–Crippen LogP) is 5.16. The lowest BCUT2D eigenvalue weighted by atomic mass is 10.0. The molecular weight excluding hydrogens is 522 g/mol. The number of carbonyl (C=O) groups excluding carboxylic acids is 2. The molecular formula is C28H33N3O7S. The van der Waals surface area contributed by atoms with Crippen LogP contribution in [0.1, 0.15) is 33.3 Å². The number of methoxy groups -OCH3 is 4. The van der Waals surface area contributed by atoms with Crippen LogP contribution in [0.5, 0.6) is 23.0 Å². The summed E-state index contributed by atoms with van der Waals surface area (Å²) in [5.41, 5.74) is 2.84. The highest BCUT2D eigenvalue weighted by atomic mass is 32.1. The quantitative estimate of drug-likeness (QED) is 0.353. The van der Waals surface area contributed by atoms with Crippen molar-refractivity contribution in [3.63, 3.8) is 0 Å². The highest BCUT2D eigenvalue weighted by Crippen LogP contribution is 2.40. The lowest BCUT2D eigenvalue weighted by Gasteiger charge is -2.26. The zero-order valence-corrected chi connectivity index (χ0v) is 23.5. The third-order valence-corrected chi connectivity index (χ3v) is 7.57. The molecule has 2 aromatic carbocycles. The second kappa shape index (κ2) is 12.6. The summed E-state index contributed by atoms with van der Waals surface area (Å²) in [5, 5.41) is 7.12. The van der Waals surface area contributed by atoms with Crippen LogP contribution in [-0.4, -0.2) is 58.5 Å². The summed E-state index contributed by atoms with van der Waals surface area (Å²) in [5.74, 6) is 2.07. The molecule has 0 atom stereocenters. The number of hydrogen-bond acceptors (Lipinski definition) is 9. The minimum absolute atomic E-state index is 0.277. The van der Waals surface area contributed by atoms with E-state index in [4.69, 9.17) is 23.7 Å². The van der Waals surface area contributed by atoms with E-state index in [1.54, 1.807) is 51.4 Å². The number of ether oxygens (including phenoxy) is 5. The zero-order chi connectivity index (χ0) is 27.9. The Morgan fingerprint density at radius 2 is 1.79 bits per heavy atom. The van der Waals surface area contributed by atoms with Gasteiger partial charge in [0, 0.05) is 29.6 Å². The van der Waals surface area contributed by atoms with Gasteiger partial charge in [-0.05, 0) is 37.1 Å². The van der Waals surface area contributed by atoms with Crippen LogP contribution in [0.3, 0.4) is 0 Å². The molecule has 1 aliphatic rings. The monoisotopic (exact) mass is 555 g/mol. The predicted molar refractivity (Wildman–Crippen MR) is 150 cm³/mol. The summed E-state index contributed by atoms with van der Waals surface area (Å²) >= 11 is 1.45. The van der Waals surface area contributed by atoms with E-state index in [1.807, 2.05) is 18.2 Å². The average molecular weight is 556 g/mol. The van der Waals surface area contributed by atoms with E-state index >= 15 is 0 Å². The molecule has 1 aliphatic heterocycles. The highest BCUT2D eigenvalue weighted by molar-refractivity contribution is 7.16. The van der Waals surface area contributed by atoms with Gasteiger partial charge in [0.05, 0.1) is 52.8 Å². The van der Waals surface area contributed by atoms with Gasteiger partial charge in [0.2, 0.25) is 0 Å². The molecule has 0 radical (unpaired) electrons. The molecule has 0 saturated carbocycles. The van der Waals surface area contributed by atoms with E-state index < -0.39 is 0 Å². The third-order valence-electron chi connectivity index (χ3n) is 6.39. The fourth-order valence-electron chi connectivity index (χ4n) is 4.49. The van der Waals surface area contributed by atoms with Gasteiger partial charge in [-0.2, -0.15) is 0 Å². The SMILES string of the molecule is CCOC(=O)N1CCc2c(sc(NCc3cccc(OC)c3OC)c2C(=O)Nc2ccc(OC)cc2OC)C1. The van der Waals surface area contributed by atoms with Crippen LogP contribution in [0.2, 0.25) is 0 Å². The lowest BCUT2D eigenvalue weighted by Crippen LogP contribution is -2.36. The van der Waals surface area contributed by atoms with E-state index in [1.165, 1.54) is 18.4 Å². The van der Waals surface area contributed by atoms with Crippen molar-refractivity contribution in [1.82, 2.24) is 4.90 Å². The molecule has 0 spiro atoms. The first-order valence-corrected chi connectivity index (χ1v) is 13.3. The minimum atomic E-state index is -0.360. The van der Waals surface area contributed by atoms with Crippen molar-refractivity contribution in [2.75, 3.05) is 52.2 Å². The first kappa shape index (κ1) is 27.9. The van der Waals surface area contributed by atoms with Gasteiger partial charge in [-0.25, -0.2) is 4.79 Å². The zero-order valence-electron chi connectivity index (χ0n) is 22.7. The number of amides is 2. The summed E-state index contributed by atoms with van der Waals surface area (Å²) in [7, 11) is 6.29. The van der Waals surface area contributed by atoms with Crippen LogP contribution in [0.15, 0.2) is 36.4 Å². The largest absolute Gasteiger partial charge is 0.497 e. The van der Waals surface area contributed by atoms with E-state index in [2.05, 4.69) is 10.6 Å². The van der Waals surface area contributed by atoms with Crippen molar-refractivity contribution < 1.29 is 33.3 Å². The number of nitrogens with zero attached hydrogens (tertiary/aromatic N) is 1. The fraction of sp³-hybridized carbons (Fsp3) is 0.357. The van der Waals surface area contributed by atoms with Gasteiger partial charge in [-0.1, -0.05) is 12.1 Å². The van der Waals surface area contributed by atoms with Crippen LogP contribution < -0.4 is 29.6 Å². The van der Waals surface area contributed by atoms with Gasteiger partial charge >= 0.3 is 6.09 Å². The van der Waals surface area contributed by atoms with Gasteiger partial charge in [0.15, 0.2) is 11.5 Å². The van der Waals surface area contributed by atoms with Crippen molar-refractivity contribution in [2.45, 2.75) is 26.4 Å². The molecule has 11 heteroatoms. The molecule has 0 bridgehead atoms. The fourth-order valence-corrected chi connectivity index (χ4v) is 5.75. The highest BCUT2D eigenvalue weighted by Gasteiger charge is 2.31. The minimum Gasteiger partial charge on any atom is -0.497 e. The van der Waals surface area contributed by atoms with Crippen molar-refractivity contribution in [2.24, 2.45) is 0 Å². The summed E-state index contributed by atoms with van der Waals surface area (Å²) in [6, 6.07) is 10.9. The van der Waals surface area contributed by atoms with Gasteiger partial charge < -0.3 is 39.2 Å². The third kappa shape index (κ3) is 5.98. The summed E-state index contributed by atoms with van der Waals surface area (Å²) < 4.78 is 27.0. The molecule has 0 unspecified atom stereocenters. The molecule has 3 aromatic rings. The summed E-state index contributed by atoms with van der Waals surface area (Å²) in [6.07, 6.45) is 0.165. The molecule has 0 aliphatic carbocycles. The molecule has 208 valence electrons. The number of fused-ring (bicyclic) bond motifs is 1. The van der Waals surface area contributed by atoms with Gasteiger partial charge in [0.1, 0.15) is 16.5 Å². The Bertz CT molecular complexity index is 1340. The van der Waals surface area contributed by atoms with Crippen molar-refractivity contribution in [3.05, 3.63) is 58.0 Å². The van der Waals surface area contributed by atoms with E-state index in [0.29, 0.717) is 71.9 Å². The van der Waals surface area contributed by atoms with Gasteiger partial charge in [0.25, 0.3) is 5.91 Å². The maximum absolute atomic E-state index is 13.8.